The van der Waals surface area contributed by atoms with E-state index in [-0.39, 0.29) is 28.6 Å². The summed E-state index contributed by atoms with van der Waals surface area (Å²) in [4.78, 5) is 12.1. The number of hydrogen-bond acceptors (Lipinski definition) is 3. The number of nitrogens with one attached hydrogen (secondary N) is 2. The SMILES string of the molecule is Cc1ccc(S(=O)(=O)NCCNC(=O)c2c(F)cccc2Cl)c(C)c1. The first kappa shape index (κ1) is 19.4. The Bertz CT molecular complexity index is 881. The van der Waals surface area contributed by atoms with Gasteiger partial charge in [-0.25, -0.2) is 17.5 Å². The number of benzene rings is 2. The van der Waals surface area contributed by atoms with Crippen LogP contribution < -0.4 is 10.0 Å². The van der Waals surface area contributed by atoms with E-state index in [1.54, 1.807) is 19.1 Å². The van der Waals surface area contributed by atoms with Gasteiger partial charge in [0.05, 0.1) is 15.5 Å². The zero-order valence-corrected chi connectivity index (χ0v) is 15.3. The van der Waals surface area contributed by atoms with Gasteiger partial charge in [-0.05, 0) is 37.6 Å². The third kappa shape index (κ3) is 4.78. The lowest BCUT2D eigenvalue weighted by atomic mass is 10.2. The topological polar surface area (TPSA) is 75.3 Å². The summed E-state index contributed by atoms with van der Waals surface area (Å²) >= 11 is 5.81. The molecule has 2 aromatic rings. The van der Waals surface area contributed by atoms with Crippen LogP contribution in [0.1, 0.15) is 21.5 Å². The molecule has 2 N–H and O–H groups in total. The summed E-state index contributed by atoms with van der Waals surface area (Å²) in [6, 6.07) is 8.95. The van der Waals surface area contributed by atoms with Crippen molar-refractivity contribution in [2.24, 2.45) is 0 Å². The maximum absolute atomic E-state index is 13.6. The maximum Gasteiger partial charge on any atom is 0.255 e. The molecule has 0 unspecified atom stereocenters. The zero-order valence-electron chi connectivity index (χ0n) is 13.8. The summed E-state index contributed by atoms with van der Waals surface area (Å²) in [5, 5.41) is 2.43. The van der Waals surface area contributed by atoms with Gasteiger partial charge in [0.25, 0.3) is 5.91 Å². The van der Waals surface area contributed by atoms with Gasteiger partial charge >= 0.3 is 0 Å². The van der Waals surface area contributed by atoms with Crippen LogP contribution in [0.25, 0.3) is 0 Å². The first-order valence-electron chi connectivity index (χ1n) is 7.51. The normalized spacial score (nSPS) is 11.4. The Morgan fingerprint density at radius 3 is 2.52 bits per heavy atom. The van der Waals surface area contributed by atoms with Gasteiger partial charge in [-0.2, -0.15) is 0 Å². The van der Waals surface area contributed by atoms with Crippen LogP contribution in [-0.2, 0) is 10.0 Å². The molecule has 0 fully saturated rings. The van der Waals surface area contributed by atoms with E-state index in [1.807, 2.05) is 6.92 Å². The molecule has 0 heterocycles. The van der Waals surface area contributed by atoms with Crippen LogP contribution in [-0.4, -0.2) is 27.4 Å². The Morgan fingerprint density at radius 1 is 1.16 bits per heavy atom. The number of amides is 1. The summed E-state index contributed by atoms with van der Waals surface area (Å²) in [7, 11) is -3.69. The predicted molar refractivity (Wildman–Crippen MR) is 94.8 cm³/mol. The Kier molecular flexibility index (Phi) is 6.16. The second kappa shape index (κ2) is 7.95. The van der Waals surface area contributed by atoms with E-state index in [9.17, 15) is 17.6 Å². The minimum atomic E-state index is -3.69. The van der Waals surface area contributed by atoms with E-state index in [1.165, 1.54) is 18.2 Å². The Labute approximate surface area is 151 Å². The molecule has 0 saturated heterocycles. The second-order valence-corrected chi connectivity index (χ2v) is 7.66. The summed E-state index contributed by atoms with van der Waals surface area (Å²) in [5.41, 5.74) is 1.33. The van der Waals surface area contributed by atoms with Gasteiger partial charge in [0.2, 0.25) is 10.0 Å². The van der Waals surface area contributed by atoms with Gasteiger partial charge in [-0.3, -0.25) is 4.79 Å². The van der Waals surface area contributed by atoms with Crippen molar-refractivity contribution in [2.75, 3.05) is 13.1 Å². The van der Waals surface area contributed by atoms with E-state index < -0.39 is 21.7 Å². The molecule has 5 nitrogen and oxygen atoms in total. The average Bonchev–Trinajstić information content (AvgIpc) is 2.51. The van der Waals surface area contributed by atoms with Crippen molar-refractivity contribution in [1.82, 2.24) is 10.0 Å². The van der Waals surface area contributed by atoms with Gasteiger partial charge in [0, 0.05) is 13.1 Å². The Hall–Kier alpha value is -1.96. The van der Waals surface area contributed by atoms with Crippen LogP contribution in [0.2, 0.25) is 5.02 Å². The first-order valence-corrected chi connectivity index (χ1v) is 9.37. The molecule has 134 valence electrons. The average molecular weight is 385 g/mol. The second-order valence-electron chi connectivity index (χ2n) is 5.52. The highest BCUT2D eigenvalue weighted by Crippen LogP contribution is 2.18. The van der Waals surface area contributed by atoms with E-state index in [4.69, 9.17) is 11.6 Å². The monoisotopic (exact) mass is 384 g/mol. The highest BCUT2D eigenvalue weighted by molar-refractivity contribution is 7.89. The van der Waals surface area contributed by atoms with Crippen LogP contribution in [0.4, 0.5) is 4.39 Å². The van der Waals surface area contributed by atoms with Gasteiger partial charge in [-0.1, -0.05) is 35.4 Å². The lowest BCUT2D eigenvalue weighted by molar-refractivity contribution is 0.0950. The summed E-state index contributed by atoms with van der Waals surface area (Å²) in [6.07, 6.45) is 0. The highest BCUT2D eigenvalue weighted by atomic mass is 35.5. The molecule has 0 atom stereocenters. The first-order chi connectivity index (χ1) is 11.7. The third-order valence-corrected chi connectivity index (χ3v) is 5.45. The molecule has 0 aliphatic heterocycles. The van der Waals surface area contributed by atoms with E-state index >= 15 is 0 Å². The molecule has 0 radical (unpaired) electrons. The van der Waals surface area contributed by atoms with Crippen molar-refractivity contribution in [3.05, 3.63) is 63.9 Å². The van der Waals surface area contributed by atoms with Crippen LogP contribution >= 0.6 is 11.6 Å². The van der Waals surface area contributed by atoms with Crippen molar-refractivity contribution in [3.63, 3.8) is 0 Å². The fourth-order valence-electron chi connectivity index (χ4n) is 2.34. The quantitative estimate of drug-likeness (QED) is 0.752. The molecule has 2 rings (SSSR count). The summed E-state index contributed by atoms with van der Waals surface area (Å²) in [5.74, 6) is -1.44. The lowest BCUT2D eigenvalue weighted by Crippen LogP contribution is -2.35. The summed E-state index contributed by atoms with van der Waals surface area (Å²) in [6.45, 7) is 3.55. The maximum atomic E-state index is 13.6. The third-order valence-electron chi connectivity index (χ3n) is 3.51. The van der Waals surface area contributed by atoms with Crippen molar-refractivity contribution in [1.29, 1.82) is 0 Å². The Morgan fingerprint density at radius 2 is 1.88 bits per heavy atom. The fraction of sp³-hybridized carbons (Fsp3) is 0.235. The standard InChI is InChI=1S/C17H18ClFN2O3S/c1-11-6-7-15(12(2)10-11)25(23,24)21-9-8-20-17(22)16-13(18)4-3-5-14(16)19/h3-7,10,21H,8-9H2,1-2H3,(H,20,22). The van der Waals surface area contributed by atoms with Gasteiger partial charge in [-0.15, -0.1) is 0 Å². The lowest BCUT2D eigenvalue weighted by Gasteiger charge is -2.11. The smallest absolute Gasteiger partial charge is 0.255 e. The zero-order chi connectivity index (χ0) is 18.6. The fourth-order valence-corrected chi connectivity index (χ4v) is 3.85. The van der Waals surface area contributed by atoms with Crippen LogP contribution in [0.5, 0.6) is 0 Å². The molecule has 25 heavy (non-hydrogen) atoms. The number of aryl methyl sites for hydroxylation is 2. The number of hydrogen-bond donors (Lipinski definition) is 2. The van der Waals surface area contributed by atoms with Crippen molar-refractivity contribution in [2.45, 2.75) is 18.7 Å². The number of rotatable bonds is 6. The molecular weight excluding hydrogens is 367 g/mol. The predicted octanol–water partition coefficient (Wildman–Crippen LogP) is 2.80. The van der Waals surface area contributed by atoms with Gasteiger partial charge in [0.1, 0.15) is 5.82 Å². The van der Waals surface area contributed by atoms with Crippen molar-refractivity contribution in [3.8, 4) is 0 Å². The van der Waals surface area contributed by atoms with E-state index in [0.29, 0.717) is 5.56 Å². The largest absolute Gasteiger partial charge is 0.351 e. The molecule has 1 amide bonds. The van der Waals surface area contributed by atoms with Crippen molar-refractivity contribution >= 4 is 27.5 Å². The van der Waals surface area contributed by atoms with Gasteiger partial charge in [0.15, 0.2) is 0 Å². The van der Waals surface area contributed by atoms with Crippen LogP contribution in [0, 0.1) is 19.7 Å². The van der Waals surface area contributed by atoms with Crippen LogP contribution in [0.3, 0.4) is 0 Å². The van der Waals surface area contributed by atoms with E-state index in [2.05, 4.69) is 10.0 Å². The number of sulfonamides is 1. The van der Waals surface area contributed by atoms with Crippen LogP contribution in [0.15, 0.2) is 41.3 Å². The molecule has 0 aliphatic rings. The summed E-state index contributed by atoms with van der Waals surface area (Å²) < 4.78 is 40.6. The molecule has 0 bridgehead atoms. The minimum absolute atomic E-state index is 0.00615. The molecule has 2 aromatic carbocycles. The van der Waals surface area contributed by atoms with Crippen molar-refractivity contribution < 1.29 is 17.6 Å². The minimum Gasteiger partial charge on any atom is -0.351 e. The van der Waals surface area contributed by atoms with Gasteiger partial charge < -0.3 is 5.32 Å². The molecular formula is C17H18ClFN2O3S. The van der Waals surface area contributed by atoms with E-state index in [0.717, 1.165) is 11.6 Å². The molecule has 0 aromatic heterocycles. The number of carbonyl (C=O) groups is 1. The Balaban J connectivity index is 1.95. The highest BCUT2D eigenvalue weighted by Gasteiger charge is 2.17. The number of halogens is 2. The molecule has 0 spiro atoms. The molecule has 8 heteroatoms. The molecule has 0 saturated carbocycles. The number of carbonyl (C=O) groups excluding carboxylic acids is 1. The molecule has 0 aliphatic carbocycles.